The summed E-state index contributed by atoms with van der Waals surface area (Å²) in [5.74, 6) is 1.63. The molecule has 6 heteroatoms. The Morgan fingerprint density at radius 3 is 2.59 bits per heavy atom. The summed E-state index contributed by atoms with van der Waals surface area (Å²) in [5, 5.41) is 0. The minimum atomic E-state index is -0.477. The van der Waals surface area contributed by atoms with Crippen LogP contribution in [0, 0.1) is 5.92 Å². The normalized spacial score (nSPS) is 17.8. The third-order valence-corrected chi connectivity index (χ3v) is 4.75. The first-order valence-electron chi connectivity index (χ1n) is 9.31. The Balaban J connectivity index is 1.65. The van der Waals surface area contributed by atoms with Crippen molar-refractivity contribution in [2.75, 3.05) is 26.8 Å². The molecule has 0 saturated carbocycles. The first-order valence-corrected chi connectivity index (χ1v) is 9.31. The Kier molecular flexibility index (Phi) is 5.44. The van der Waals surface area contributed by atoms with Gasteiger partial charge >= 0.3 is 6.09 Å². The fourth-order valence-electron chi connectivity index (χ4n) is 3.34. The average Bonchev–Trinajstić information content (AvgIpc) is 3.00. The maximum atomic E-state index is 12.2. The summed E-state index contributed by atoms with van der Waals surface area (Å²) >= 11 is 0. The number of methoxy groups -OCH3 is 1. The van der Waals surface area contributed by atoms with Crippen molar-refractivity contribution in [1.29, 1.82) is 0 Å². The van der Waals surface area contributed by atoms with E-state index in [0.29, 0.717) is 36.1 Å². The molecule has 1 aromatic rings. The molecule has 0 bridgehead atoms. The van der Waals surface area contributed by atoms with Crippen molar-refractivity contribution in [3.8, 4) is 11.5 Å². The highest BCUT2D eigenvalue weighted by Gasteiger charge is 2.27. The molecule has 2 aliphatic rings. The van der Waals surface area contributed by atoms with Gasteiger partial charge in [0.05, 0.1) is 18.2 Å². The van der Waals surface area contributed by atoms with Gasteiger partial charge < -0.3 is 19.1 Å². The second kappa shape index (κ2) is 7.62. The zero-order valence-electron chi connectivity index (χ0n) is 16.4. The second-order valence-electron chi connectivity index (χ2n) is 7.93. The van der Waals surface area contributed by atoms with Crippen LogP contribution in [0.2, 0.25) is 0 Å². The summed E-state index contributed by atoms with van der Waals surface area (Å²) in [7, 11) is 1.61. The number of Topliss-reactive ketones (excluding diaryl/α,β-unsaturated/α-hetero) is 1. The Labute approximate surface area is 160 Å². The number of nitrogens with zero attached hydrogens (tertiary/aromatic N) is 1. The molecule has 1 fully saturated rings. The van der Waals surface area contributed by atoms with E-state index >= 15 is 0 Å². The number of rotatable bonds is 3. The highest BCUT2D eigenvalue weighted by atomic mass is 16.6. The number of amides is 1. The summed E-state index contributed by atoms with van der Waals surface area (Å²) in [5.41, 5.74) is 0.931. The predicted octanol–water partition coefficient (Wildman–Crippen LogP) is 3.93. The van der Waals surface area contributed by atoms with E-state index in [-0.39, 0.29) is 18.5 Å². The van der Waals surface area contributed by atoms with Crippen LogP contribution < -0.4 is 9.47 Å². The lowest BCUT2D eigenvalue weighted by atomic mass is 9.95. The van der Waals surface area contributed by atoms with E-state index in [4.69, 9.17) is 14.2 Å². The molecule has 0 radical (unpaired) electrons. The molecular formula is C21H27NO5. The van der Waals surface area contributed by atoms with Gasteiger partial charge in [-0.2, -0.15) is 0 Å². The highest BCUT2D eigenvalue weighted by Crippen LogP contribution is 2.37. The van der Waals surface area contributed by atoms with Crippen molar-refractivity contribution in [1.82, 2.24) is 4.90 Å². The Hall–Kier alpha value is -2.50. The molecule has 0 atom stereocenters. The van der Waals surface area contributed by atoms with Crippen LogP contribution in [-0.4, -0.2) is 49.2 Å². The Morgan fingerprint density at radius 1 is 1.26 bits per heavy atom. The molecule has 1 amide bonds. The number of hydrogen-bond donors (Lipinski definition) is 0. The van der Waals surface area contributed by atoms with Gasteiger partial charge in [0.2, 0.25) is 5.78 Å². The van der Waals surface area contributed by atoms with Gasteiger partial charge in [-0.1, -0.05) is 12.2 Å². The Morgan fingerprint density at radius 2 is 1.96 bits per heavy atom. The number of hydrogen-bond acceptors (Lipinski definition) is 5. The minimum absolute atomic E-state index is 0.00651. The van der Waals surface area contributed by atoms with E-state index in [1.165, 1.54) is 0 Å². The molecule has 0 aliphatic carbocycles. The van der Waals surface area contributed by atoms with Crippen LogP contribution in [0.15, 0.2) is 18.2 Å². The summed E-state index contributed by atoms with van der Waals surface area (Å²) in [6.45, 7) is 7.04. The quantitative estimate of drug-likeness (QED) is 0.803. The molecule has 0 N–H and O–H groups in total. The standard InChI is InChI=1S/C21H27NO5/c1-21(2,3)27-20(24)22-11-9-14(10-12-22)5-6-16-18(25-4)8-7-15-17(23)13-26-19(15)16/h5-8,14H,9-13H2,1-4H3/b6-5-. The largest absolute Gasteiger partial charge is 0.496 e. The molecular weight excluding hydrogens is 346 g/mol. The molecule has 2 aliphatic heterocycles. The lowest BCUT2D eigenvalue weighted by molar-refractivity contribution is 0.0197. The number of ketones is 1. The van der Waals surface area contributed by atoms with Crippen LogP contribution in [0.25, 0.3) is 6.08 Å². The van der Waals surface area contributed by atoms with E-state index < -0.39 is 5.60 Å². The van der Waals surface area contributed by atoms with Crippen LogP contribution >= 0.6 is 0 Å². The number of benzene rings is 1. The van der Waals surface area contributed by atoms with Crippen molar-refractivity contribution < 1.29 is 23.8 Å². The number of ether oxygens (including phenoxy) is 3. The third-order valence-electron chi connectivity index (χ3n) is 4.75. The van der Waals surface area contributed by atoms with E-state index in [1.54, 1.807) is 24.1 Å². The summed E-state index contributed by atoms with van der Waals surface area (Å²) in [6.07, 6.45) is 5.58. The molecule has 27 heavy (non-hydrogen) atoms. The fraction of sp³-hybridized carbons (Fsp3) is 0.524. The van der Waals surface area contributed by atoms with Gasteiger partial charge in [-0.15, -0.1) is 0 Å². The number of fused-ring (bicyclic) bond motifs is 1. The molecule has 1 aromatic carbocycles. The Bertz CT molecular complexity index is 755. The molecule has 1 saturated heterocycles. The van der Waals surface area contributed by atoms with Gasteiger partial charge in [0.25, 0.3) is 0 Å². The average molecular weight is 373 g/mol. The van der Waals surface area contributed by atoms with Gasteiger partial charge in [0.15, 0.2) is 6.61 Å². The molecule has 146 valence electrons. The maximum Gasteiger partial charge on any atom is 0.410 e. The maximum absolute atomic E-state index is 12.2. The topological polar surface area (TPSA) is 65.1 Å². The smallest absolute Gasteiger partial charge is 0.410 e. The summed E-state index contributed by atoms with van der Waals surface area (Å²) < 4.78 is 16.4. The van der Waals surface area contributed by atoms with Crippen molar-refractivity contribution >= 4 is 18.0 Å². The second-order valence-corrected chi connectivity index (χ2v) is 7.93. The molecule has 0 unspecified atom stereocenters. The van der Waals surface area contributed by atoms with Crippen LogP contribution in [0.5, 0.6) is 11.5 Å². The zero-order chi connectivity index (χ0) is 19.6. The van der Waals surface area contributed by atoms with Crippen molar-refractivity contribution in [2.45, 2.75) is 39.2 Å². The number of allylic oxidation sites excluding steroid dienone is 1. The molecule has 0 aromatic heterocycles. The van der Waals surface area contributed by atoms with Crippen LogP contribution in [0.3, 0.4) is 0 Å². The van der Waals surface area contributed by atoms with Gasteiger partial charge in [0.1, 0.15) is 17.1 Å². The van der Waals surface area contributed by atoms with Crippen LogP contribution in [-0.2, 0) is 4.74 Å². The lowest BCUT2D eigenvalue weighted by Gasteiger charge is -2.32. The molecule has 2 heterocycles. The van der Waals surface area contributed by atoms with Gasteiger partial charge in [-0.3, -0.25) is 4.79 Å². The molecule has 6 nitrogen and oxygen atoms in total. The van der Waals surface area contributed by atoms with Gasteiger partial charge in [-0.25, -0.2) is 4.79 Å². The number of likely N-dealkylation sites (tertiary alicyclic amines) is 1. The monoisotopic (exact) mass is 373 g/mol. The van der Waals surface area contributed by atoms with E-state index in [2.05, 4.69) is 6.08 Å². The summed E-state index contributed by atoms with van der Waals surface area (Å²) in [4.78, 5) is 25.8. The predicted molar refractivity (Wildman–Crippen MR) is 102 cm³/mol. The first kappa shape index (κ1) is 19.3. The van der Waals surface area contributed by atoms with E-state index in [1.807, 2.05) is 26.8 Å². The third kappa shape index (κ3) is 4.43. The van der Waals surface area contributed by atoms with Gasteiger partial charge in [0, 0.05) is 13.1 Å². The van der Waals surface area contributed by atoms with Crippen molar-refractivity contribution in [3.63, 3.8) is 0 Å². The van der Waals surface area contributed by atoms with Crippen molar-refractivity contribution in [3.05, 3.63) is 29.3 Å². The highest BCUT2D eigenvalue weighted by molar-refractivity contribution is 6.03. The summed E-state index contributed by atoms with van der Waals surface area (Å²) in [6, 6.07) is 3.55. The van der Waals surface area contributed by atoms with Crippen molar-refractivity contribution in [2.24, 2.45) is 5.92 Å². The molecule has 3 rings (SSSR count). The van der Waals surface area contributed by atoms with Gasteiger partial charge in [-0.05, 0) is 51.7 Å². The fourth-order valence-corrected chi connectivity index (χ4v) is 3.34. The van der Waals surface area contributed by atoms with E-state index in [0.717, 1.165) is 18.4 Å². The number of carbonyl (C=O) groups is 2. The first-order chi connectivity index (χ1) is 12.8. The van der Waals surface area contributed by atoms with Crippen LogP contribution in [0.4, 0.5) is 4.79 Å². The minimum Gasteiger partial charge on any atom is -0.496 e. The number of piperidine rings is 1. The van der Waals surface area contributed by atoms with Crippen LogP contribution in [0.1, 0.15) is 49.5 Å². The SMILES string of the molecule is COc1ccc2c(c1/C=C\C1CCN(C(=O)OC(C)(C)C)CC1)OCC2=O. The number of carbonyl (C=O) groups excluding carboxylic acids is 2. The molecule has 0 spiro atoms. The lowest BCUT2D eigenvalue weighted by Crippen LogP contribution is -2.41. The van der Waals surface area contributed by atoms with E-state index in [9.17, 15) is 9.59 Å². The zero-order valence-corrected chi connectivity index (χ0v) is 16.4.